The summed E-state index contributed by atoms with van der Waals surface area (Å²) in [4.78, 5) is 0. The Labute approximate surface area is 83.1 Å². The van der Waals surface area contributed by atoms with E-state index in [0.717, 1.165) is 32.2 Å². The summed E-state index contributed by atoms with van der Waals surface area (Å²) in [5.41, 5.74) is 0. The van der Waals surface area contributed by atoms with Crippen LogP contribution >= 0.6 is 0 Å². The van der Waals surface area contributed by atoms with Gasteiger partial charge in [-0.1, -0.05) is 33.6 Å². The van der Waals surface area contributed by atoms with Gasteiger partial charge in [0, 0.05) is 13.2 Å². The molecule has 2 heteroatoms. The highest BCUT2D eigenvalue weighted by Crippen LogP contribution is 1.96. The van der Waals surface area contributed by atoms with E-state index in [0.29, 0.717) is 0 Å². The second-order valence-electron chi connectivity index (χ2n) is 3.68. The molecule has 1 atom stereocenters. The van der Waals surface area contributed by atoms with Gasteiger partial charge in [-0.3, -0.25) is 0 Å². The van der Waals surface area contributed by atoms with Crippen molar-refractivity contribution in [2.45, 2.75) is 40.0 Å². The molecule has 0 fully saturated rings. The molecule has 0 saturated carbocycles. The van der Waals surface area contributed by atoms with Gasteiger partial charge in [0.2, 0.25) is 0 Å². The SMILES string of the molecule is CCCCOCCNCC(C)CC. The molecule has 0 aromatic heterocycles. The third-order valence-corrected chi connectivity index (χ3v) is 2.26. The number of nitrogens with one attached hydrogen (secondary N) is 1. The highest BCUT2D eigenvalue weighted by Gasteiger charge is 1.96. The maximum absolute atomic E-state index is 5.43. The van der Waals surface area contributed by atoms with E-state index in [2.05, 4.69) is 26.1 Å². The van der Waals surface area contributed by atoms with Gasteiger partial charge in [0.25, 0.3) is 0 Å². The van der Waals surface area contributed by atoms with Crippen LogP contribution in [0.5, 0.6) is 0 Å². The van der Waals surface area contributed by atoms with Crippen molar-refractivity contribution in [3.63, 3.8) is 0 Å². The van der Waals surface area contributed by atoms with Crippen LogP contribution in [0.4, 0.5) is 0 Å². The van der Waals surface area contributed by atoms with Gasteiger partial charge in [0.05, 0.1) is 6.61 Å². The average Bonchev–Trinajstić information content (AvgIpc) is 2.16. The molecular formula is C11H25NO. The fraction of sp³-hybridized carbons (Fsp3) is 1.00. The molecular weight excluding hydrogens is 162 g/mol. The molecule has 0 amide bonds. The van der Waals surface area contributed by atoms with Crippen molar-refractivity contribution in [3.8, 4) is 0 Å². The number of hydrogen-bond donors (Lipinski definition) is 1. The quantitative estimate of drug-likeness (QED) is 0.560. The number of rotatable bonds is 9. The van der Waals surface area contributed by atoms with Gasteiger partial charge in [-0.25, -0.2) is 0 Å². The molecule has 0 saturated heterocycles. The average molecular weight is 187 g/mol. The summed E-state index contributed by atoms with van der Waals surface area (Å²) in [7, 11) is 0. The van der Waals surface area contributed by atoms with Crippen LogP contribution in [-0.2, 0) is 4.74 Å². The van der Waals surface area contributed by atoms with Crippen LogP contribution in [0.3, 0.4) is 0 Å². The van der Waals surface area contributed by atoms with Crippen LogP contribution in [0.25, 0.3) is 0 Å². The molecule has 13 heavy (non-hydrogen) atoms. The van der Waals surface area contributed by atoms with E-state index >= 15 is 0 Å². The Morgan fingerprint density at radius 2 is 2.00 bits per heavy atom. The number of ether oxygens (including phenoxy) is 1. The van der Waals surface area contributed by atoms with Crippen LogP contribution in [0.2, 0.25) is 0 Å². The summed E-state index contributed by atoms with van der Waals surface area (Å²) in [6, 6.07) is 0. The monoisotopic (exact) mass is 187 g/mol. The Hall–Kier alpha value is -0.0800. The topological polar surface area (TPSA) is 21.3 Å². The van der Waals surface area contributed by atoms with E-state index in [9.17, 15) is 0 Å². The lowest BCUT2D eigenvalue weighted by molar-refractivity contribution is 0.132. The van der Waals surface area contributed by atoms with Gasteiger partial charge in [0.1, 0.15) is 0 Å². The summed E-state index contributed by atoms with van der Waals surface area (Å²) in [6.07, 6.45) is 3.66. The van der Waals surface area contributed by atoms with Gasteiger partial charge < -0.3 is 10.1 Å². The molecule has 80 valence electrons. The molecule has 0 spiro atoms. The van der Waals surface area contributed by atoms with Crippen molar-refractivity contribution in [1.82, 2.24) is 5.32 Å². The lowest BCUT2D eigenvalue weighted by Gasteiger charge is -2.09. The lowest BCUT2D eigenvalue weighted by Crippen LogP contribution is -2.24. The molecule has 1 N–H and O–H groups in total. The largest absolute Gasteiger partial charge is 0.380 e. The maximum atomic E-state index is 5.43. The Balaban J connectivity index is 2.91. The second-order valence-corrected chi connectivity index (χ2v) is 3.68. The maximum Gasteiger partial charge on any atom is 0.0590 e. The zero-order valence-electron chi connectivity index (χ0n) is 9.44. The standard InChI is InChI=1S/C11H25NO/c1-4-6-8-13-9-7-12-10-11(3)5-2/h11-12H,4-10H2,1-3H3. The Bertz CT molecular complexity index is 96.1. The zero-order chi connectivity index (χ0) is 9.94. The van der Waals surface area contributed by atoms with Crippen molar-refractivity contribution >= 4 is 0 Å². The summed E-state index contributed by atoms with van der Waals surface area (Å²) in [6.45, 7) is 10.6. The van der Waals surface area contributed by atoms with Gasteiger partial charge >= 0.3 is 0 Å². The first-order chi connectivity index (χ1) is 6.31. The minimum Gasteiger partial charge on any atom is -0.380 e. The minimum absolute atomic E-state index is 0.788. The van der Waals surface area contributed by atoms with Gasteiger partial charge in [-0.15, -0.1) is 0 Å². The Kier molecular flexibility index (Phi) is 9.94. The van der Waals surface area contributed by atoms with E-state index in [4.69, 9.17) is 4.74 Å². The molecule has 0 bridgehead atoms. The van der Waals surface area contributed by atoms with Crippen LogP contribution in [-0.4, -0.2) is 26.3 Å². The van der Waals surface area contributed by atoms with E-state index in [1.807, 2.05) is 0 Å². The predicted octanol–water partition coefficient (Wildman–Crippen LogP) is 2.44. The van der Waals surface area contributed by atoms with Crippen LogP contribution in [0, 0.1) is 5.92 Å². The summed E-state index contributed by atoms with van der Waals surface area (Å²) >= 11 is 0. The van der Waals surface area contributed by atoms with Crippen LogP contribution in [0.15, 0.2) is 0 Å². The van der Waals surface area contributed by atoms with Gasteiger partial charge in [-0.2, -0.15) is 0 Å². The van der Waals surface area contributed by atoms with E-state index in [1.165, 1.54) is 19.3 Å². The van der Waals surface area contributed by atoms with Gasteiger partial charge in [-0.05, 0) is 18.9 Å². The first-order valence-corrected chi connectivity index (χ1v) is 5.59. The lowest BCUT2D eigenvalue weighted by atomic mass is 10.1. The summed E-state index contributed by atoms with van der Waals surface area (Å²) in [5, 5.41) is 3.39. The van der Waals surface area contributed by atoms with Crippen molar-refractivity contribution in [1.29, 1.82) is 0 Å². The molecule has 0 radical (unpaired) electrons. The molecule has 0 aromatic carbocycles. The summed E-state index contributed by atoms with van der Waals surface area (Å²) in [5.74, 6) is 0.788. The highest BCUT2D eigenvalue weighted by molar-refractivity contribution is 4.53. The molecule has 0 aliphatic carbocycles. The predicted molar refractivity (Wildman–Crippen MR) is 58.1 cm³/mol. The van der Waals surface area contributed by atoms with Crippen LogP contribution < -0.4 is 5.32 Å². The third-order valence-electron chi connectivity index (χ3n) is 2.26. The minimum atomic E-state index is 0.788. The second kappa shape index (κ2) is 10.0. The molecule has 0 heterocycles. The first-order valence-electron chi connectivity index (χ1n) is 5.59. The first kappa shape index (κ1) is 12.9. The molecule has 2 nitrogen and oxygen atoms in total. The number of hydrogen-bond acceptors (Lipinski definition) is 2. The van der Waals surface area contributed by atoms with Gasteiger partial charge in [0.15, 0.2) is 0 Å². The van der Waals surface area contributed by atoms with E-state index < -0.39 is 0 Å². The summed E-state index contributed by atoms with van der Waals surface area (Å²) < 4.78 is 5.43. The molecule has 0 rings (SSSR count). The fourth-order valence-electron chi connectivity index (χ4n) is 0.986. The normalized spacial score (nSPS) is 13.2. The van der Waals surface area contributed by atoms with Crippen molar-refractivity contribution in [2.75, 3.05) is 26.3 Å². The van der Waals surface area contributed by atoms with E-state index in [1.54, 1.807) is 0 Å². The Morgan fingerprint density at radius 1 is 1.23 bits per heavy atom. The molecule has 0 aromatic rings. The van der Waals surface area contributed by atoms with Crippen molar-refractivity contribution < 1.29 is 4.74 Å². The van der Waals surface area contributed by atoms with Crippen LogP contribution in [0.1, 0.15) is 40.0 Å². The Morgan fingerprint density at radius 3 is 2.62 bits per heavy atom. The third kappa shape index (κ3) is 9.84. The smallest absolute Gasteiger partial charge is 0.0590 e. The molecule has 0 aliphatic heterocycles. The zero-order valence-corrected chi connectivity index (χ0v) is 9.44. The molecule has 1 unspecified atom stereocenters. The number of unbranched alkanes of at least 4 members (excludes halogenated alkanes) is 1. The molecule has 0 aliphatic rings. The highest BCUT2D eigenvalue weighted by atomic mass is 16.5. The van der Waals surface area contributed by atoms with Crippen molar-refractivity contribution in [3.05, 3.63) is 0 Å². The van der Waals surface area contributed by atoms with E-state index in [-0.39, 0.29) is 0 Å². The fourth-order valence-corrected chi connectivity index (χ4v) is 0.986. The van der Waals surface area contributed by atoms with Crippen molar-refractivity contribution in [2.24, 2.45) is 5.92 Å².